The van der Waals surface area contributed by atoms with Gasteiger partial charge in [-0.25, -0.2) is 4.39 Å². The second kappa shape index (κ2) is 5.49. The average Bonchev–Trinajstić information content (AvgIpc) is 2.19. The largest absolute Gasteiger partial charge is 0.507 e. The van der Waals surface area contributed by atoms with Crippen LogP contribution >= 0.6 is 0 Å². The van der Waals surface area contributed by atoms with Crippen molar-refractivity contribution in [3.8, 4) is 5.75 Å². The fourth-order valence-electron chi connectivity index (χ4n) is 1.27. The molecule has 1 rings (SSSR count). The van der Waals surface area contributed by atoms with E-state index in [-0.39, 0.29) is 11.6 Å². The zero-order valence-electron chi connectivity index (χ0n) is 9.13. The summed E-state index contributed by atoms with van der Waals surface area (Å²) in [5.41, 5.74) is 0.982. The van der Waals surface area contributed by atoms with E-state index >= 15 is 0 Å². The van der Waals surface area contributed by atoms with Crippen LogP contribution in [0.2, 0.25) is 0 Å². The van der Waals surface area contributed by atoms with E-state index in [4.69, 9.17) is 0 Å². The SMILES string of the molecule is CCCCN=Cc1cc(F)cc(C)c1O. The second-order valence-electron chi connectivity index (χ2n) is 3.55. The smallest absolute Gasteiger partial charge is 0.127 e. The topological polar surface area (TPSA) is 32.6 Å². The summed E-state index contributed by atoms with van der Waals surface area (Å²) in [6, 6.07) is 2.59. The van der Waals surface area contributed by atoms with Gasteiger partial charge in [-0.1, -0.05) is 13.3 Å². The van der Waals surface area contributed by atoms with Gasteiger partial charge in [0.15, 0.2) is 0 Å². The summed E-state index contributed by atoms with van der Waals surface area (Å²) in [6.07, 6.45) is 3.61. The Bertz CT molecular complexity index is 361. The van der Waals surface area contributed by atoms with E-state index in [1.807, 2.05) is 0 Å². The molecule has 0 saturated carbocycles. The molecule has 15 heavy (non-hydrogen) atoms. The molecule has 1 aromatic rings. The van der Waals surface area contributed by atoms with Crippen molar-refractivity contribution in [3.05, 3.63) is 29.1 Å². The Hall–Kier alpha value is -1.38. The van der Waals surface area contributed by atoms with Crippen molar-refractivity contribution in [1.82, 2.24) is 0 Å². The number of aliphatic imine (C=N–C) groups is 1. The van der Waals surface area contributed by atoms with Gasteiger partial charge in [-0.2, -0.15) is 0 Å². The summed E-state index contributed by atoms with van der Waals surface area (Å²) in [6.45, 7) is 4.46. The van der Waals surface area contributed by atoms with Crippen LogP contribution in [0.5, 0.6) is 5.75 Å². The predicted octanol–water partition coefficient (Wildman–Crippen LogP) is 3.06. The Morgan fingerprint density at radius 1 is 1.47 bits per heavy atom. The maximum Gasteiger partial charge on any atom is 0.127 e. The first-order valence-electron chi connectivity index (χ1n) is 5.14. The van der Waals surface area contributed by atoms with E-state index in [9.17, 15) is 9.50 Å². The van der Waals surface area contributed by atoms with Crippen LogP contribution < -0.4 is 0 Å². The summed E-state index contributed by atoms with van der Waals surface area (Å²) in [7, 11) is 0. The van der Waals surface area contributed by atoms with E-state index < -0.39 is 0 Å². The van der Waals surface area contributed by atoms with Crippen molar-refractivity contribution < 1.29 is 9.50 Å². The third kappa shape index (κ3) is 3.35. The molecular formula is C12H16FNO. The standard InChI is InChI=1S/C12H16FNO/c1-3-4-5-14-8-10-7-11(13)6-9(2)12(10)15/h6-8,15H,3-5H2,1-2H3. The minimum Gasteiger partial charge on any atom is -0.507 e. The normalized spacial score (nSPS) is 11.1. The lowest BCUT2D eigenvalue weighted by Crippen LogP contribution is -1.90. The molecule has 1 aromatic carbocycles. The van der Waals surface area contributed by atoms with Gasteiger partial charge in [0.05, 0.1) is 0 Å². The van der Waals surface area contributed by atoms with Crippen molar-refractivity contribution in [2.45, 2.75) is 26.7 Å². The summed E-state index contributed by atoms with van der Waals surface area (Å²) < 4.78 is 13.0. The first-order chi connectivity index (χ1) is 7.15. The number of phenolic OH excluding ortho intramolecular Hbond substituents is 1. The highest BCUT2D eigenvalue weighted by Crippen LogP contribution is 2.21. The lowest BCUT2D eigenvalue weighted by Gasteiger charge is -2.02. The first-order valence-corrected chi connectivity index (χ1v) is 5.14. The van der Waals surface area contributed by atoms with Crippen LogP contribution in [0.4, 0.5) is 4.39 Å². The van der Waals surface area contributed by atoms with E-state index in [0.717, 1.165) is 12.8 Å². The highest BCUT2D eigenvalue weighted by atomic mass is 19.1. The van der Waals surface area contributed by atoms with Gasteiger partial charge in [-0.15, -0.1) is 0 Å². The van der Waals surface area contributed by atoms with E-state index in [1.165, 1.54) is 18.3 Å². The van der Waals surface area contributed by atoms with Crippen molar-refractivity contribution in [2.24, 2.45) is 4.99 Å². The molecule has 0 aromatic heterocycles. The van der Waals surface area contributed by atoms with Gasteiger partial charge in [0.25, 0.3) is 0 Å². The molecule has 0 bridgehead atoms. The number of unbranched alkanes of at least 4 members (excludes halogenated alkanes) is 1. The van der Waals surface area contributed by atoms with E-state index in [1.54, 1.807) is 6.92 Å². The van der Waals surface area contributed by atoms with Crippen LogP contribution in [-0.4, -0.2) is 17.9 Å². The molecule has 0 radical (unpaired) electrons. The fraction of sp³-hybridized carbons (Fsp3) is 0.417. The lowest BCUT2D eigenvalue weighted by molar-refractivity contribution is 0.467. The molecule has 1 N–H and O–H groups in total. The van der Waals surface area contributed by atoms with Crippen LogP contribution in [0.3, 0.4) is 0 Å². The van der Waals surface area contributed by atoms with Crippen molar-refractivity contribution in [2.75, 3.05) is 6.54 Å². The number of hydrogen-bond acceptors (Lipinski definition) is 2. The van der Waals surface area contributed by atoms with Gasteiger partial charge < -0.3 is 5.11 Å². The molecule has 0 saturated heterocycles. The van der Waals surface area contributed by atoms with Crippen molar-refractivity contribution >= 4 is 6.21 Å². The molecule has 0 heterocycles. The zero-order valence-corrected chi connectivity index (χ0v) is 9.13. The highest BCUT2D eigenvalue weighted by Gasteiger charge is 2.04. The third-order valence-corrected chi connectivity index (χ3v) is 2.17. The Labute approximate surface area is 89.5 Å². The molecule has 0 atom stereocenters. The quantitative estimate of drug-likeness (QED) is 0.600. The summed E-state index contributed by atoms with van der Waals surface area (Å²) in [5, 5.41) is 9.62. The molecule has 0 unspecified atom stereocenters. The Morgan fingerprint density at radius 3 is 2.87 bits per heavy atom. The number of rotatable bonds is 4. The van der Waals surface area contributed by atoms with Gasteiger partial charge in [-0.3, -0.25) is 4.99 Å². The predicted molar refractivity (Wildman–Crippen MR) is 60.2 cm³/mol. The fourth-order valence-corrected chi connectivity index (χ4v) is 1.27. The number of benzene rings is 1. The number of aryl methyl sites for hydroxylation is 1. The molecule has 82 valence electrons. The molecule has 2 nitrogen and oxygen atoms in total. The minimum atomic E-state index is -0.345. The molecule has 0 aliphatic heterocycles. The molecular weight excluding hydrogens is 193 g/mol. The number of hydrogen-bond donors (Lipinski definition) is 1. The van der Waals surface area contributed by atoms with Crippen LogP contribution in [0, 0.1) is 12.7 Å². The van der Waals surface area contributed by atoms with Gasteiger partial charge in [-0.05, 0) is 31.0 Å². The Balaban J connectivity index is 2.80. The number of halogens is 1. The van der Waals surface area contributed by atoms with Crippen molar-refractivity contribution in [3.63, 3.8) is 0 Å². The summed E-state index contributed by atoms with van der Waals surface area (Å²) in [5.74, 6) is -0.237. The number of aromatic hydroxyl groups is 1. The first kappa shape index (κ1) is 11.7. The summed E-state index contributed by atoms with van der Waals surface area (Å²) >= 11 is 0. The minimum absolute atomic E-state index is 0.108. The Kier molecular flexibility index (Phi) is 4.28. The van der Waals surface area contributed by atoms with Crippen LogP contribution in [0.1, 0.15) is 30.9 Å². The lowest BCUT2D eigenvalue weighted by atomic mass is 10.1. The third-order valence-electron chi connectivity index (χ3n) is 2.17. The molecule has 0 aliphatic rings. The molecule has 0 fully saturated rings. The van der Waals surface area contributed by atoms with Gasteiger partial charge in [0.1, 0.15) is 11.6 Å². The monoisotopic (exact) mass is 209 g/mol. The van der Waals surface area contributed by atoms with E-state index in [0.29, 0.717) is 17.7 Å². The van der Waals surface area contributed by atoms with Crippen LogP contribution in [0.25, 0.3) is 0 Å². The molecule has 0 aliphatic carbocycles. The maximum atomic E-state index is 13.0. The second-order valence-corrected chi connectivity index (χ2v) is 3.55. The van der Waals surface area contributed by atoms with Crippen LogP contribution in [0.15, 0.2) is 17.1 Å². The molecule has 0 amide bonds. The molecule has 0 spiro atoms. The summed E-state index contributed by atoms with van der Waals surface area (Å²) in [4.78, 5) is 4.12. The van der Waals surface area contributed by atoms with Gasteiger partial charge in [0.2, 0.25) is 0 Å². The maximum absolute atomic E-state index is 13.0. The Morgan fingerprint density at radius 2 is 2.20 bits per heavy atom. The number of nitrogens with zero attached hydrogens (tertiary/aromatic N) is 1. The van der Waals surface area contributed by atoms with Gasteiger partial charge >= 0.3 is 0 Å². The number of phenols is 1. The van der Waals surface area contributed by atoms with Crippen LogP contribution in [-0.2, 0) is 0 Å². The highest BCUT2D eigenvalue weighted by molar-refractivity contribution is 5.84. The molecule has 3 heteroatoms. The van der Waals surface area contributed by atoms with Gasteiger partial charge in [0, 0.05) is 18.3 Å². The average molecular weight is 209 g/mol. The van der Waals surface area contributed by atoms with Crippen molar-refractivity contribution in [1.29, 1.82) is 0 Å². The van der Waals surface area contributed by atoms with E-state index in [2.05, 4.69) is 11.9 Å². The zero-order chi connectivity index (χ0) is 11.3.